The number of hydrogen-bond acceptors (Lipinski definition) is 4. The summed E-state index contributed by atoms with van der Waals surface area (Å²) in [5.74, 6) is 2.05. The molecule has 1 aliphatic heterocycles. The van der Waals surface area contributed by atoms with Gasteiger partial charge in [0, 0.05) is 0 Å². The Hall–Kier alpha value is -2.43. The van der Waals surface area contributed by atoms with Crippen molar-refractivity contribution >= 4 is 5.91 Å². The second-order valence-electron chi connectivity index (χ2n) is 5.46. The number of rotatable bonds is 4. The maximum absolute atomic E-state index is 12.4. The number of carbonyl (C=O) groups is 1. The molecule has 5 nitrogen and oxygen atoms in total. The summed E-state index contributed by atoms with van der Waals surface area (Å²) in [6.07, 6.45) is 1.59. The number of benzene rings is 1. The molecule has 0 bridgehead atoms. The predicted molar refractivity (Wildman–Crippen MR) is 76.1 cm³/mol. The summed E-state index contributed by atoms with van der Waals surface area (Å²) in [4.78, 5) is 12.4. The third-order valence-corrected chi connectivity index (χ3v) is 3.67. The van der Waals surface area contributed by atoms with Gasteiger partial charge in [0.05, 0.1) is 18.2 Å². The smallest absolute Gasteiger partial charge is 0.231 e. The molecule has 0 spiro atoms. The van der Waals surface area contributed by atoms with E-state index in [0.717, 1.165) is 11.3 Å². The van der Waals surface area contributed by atoms with Crippen LogP contribution < -0.4 is 14.8 Å². The highest BCUT2D eigenvalue weighted by Crippen LogP contribution is 2.36. The topological polar surface area (TPSA) is 60.7 Å². The molecule has 1 amide bonds. The van der Waals surface area contributed by atoms with E-state index >= 15 is 0 Å². The molecule has 5 heteroatoms. The molecule has 0 saturated heterocycles. The van der Waals surface area contributed by atoms with E-state index in [1.54, 1.807) is 12.3 Å². The van der Waals surface area contributed by atoms with Gasteiger partial charge in [-0.15, -0.1) is 0 Å². The largest absolute Gasteiger partial charge is 0.467 e. The first-order valence-corrected chi connectivity index (χ1v) is 6.78. The molecule has 3 rings (SSSR count). The lowest BCUT2D eigenvalue weighted by molar-refractivity contribution is -0.125. The van der Waals surface area contributed by atoms with Crippen LogP contribution in [0, 0.1) is 0 Å². The van der Waals surface area contributed by atoms with Crippen LogP contribution in [0.3, 0.4) is 0 Å². The molecule has 1 aliphatic rings. The Balaban J connectivity index is 1.74. The minimum atomic E-state index is -0.673. The number of ether oxygens (including phenoxy) is 2. The molecule has 2 aromatic rings. The molecule has 1 aromatic carbocycles. The number of fused-ring (bicyclic) bond motifs is 1. The molecule has 2 heterocycles. The van der Waals surface area contributed by atoms with E-state index < -0.39 is 5.41 Å². The van der Waals surface area contributed by atoms with Gasteiger partial charge in [-0.1, -0.05) is 6.07 Å². The Morgan fingerprint density at radius 3 is 2.81 bits per heavy atom. The number of hydrogen-bond donors (Lipinski definition) is 1. The van der Waals surface area contributed by atoms with Gasteiger partial charge in [0.15, 0.2) is 11.5 Å². The van der Waals surface area contributed by atoms with Gasteiger partial charge < -0.3 is 19.2 Å². The van der Waals surface area contributed by atoms with Gasteiger partial charge >= 0.3 is 0 Å². The monoisotopic (exact) mass is 287 g/mol. The fourth-order valence-corrected chi connectivity index (χ4v) is 2.22. The highest BCUT2D eigenvalue weighted by atomic mass is 16.7. The molecule has 21 heavy (non-hydrogen) atoms. The van der Waals surface area contributed by atoms with Crippen LogP contribution in [-0.2, 0) is 16.8 Å². The lowest BCUT2D eigenvalue weighted by atomic mass is 9.83. The number of furan rings is 1. The van der Waals surface area contributed by atoms with Crippen LogP contribution in [0.4, 0.5) is 0 Å². The Labute approximate surface area is 122 Å². The van der Waals surface area contributed by atoms with Gasteiger partial charge in [-0.05, 0) is 43.7 Å². The zero-order chi connectivity index (χ0) is 14.9. The van der Waals surface area contributed by atoms with Gasteiger partial charge in [-0.25, -0.2) is 0 Å². The van der Waals surface area contributed by atoms with E-state index in [2.05, 4.69) is 5.32 Å². The lowest BCUT2D eigenvalue weighted by Crippen LogP contribution is -2.39. The van der Waals surface area contributed by atoms with Crippen LogP contribution in [0.2, 0.25) is 0 Å². The van der Waals surface area contributed by atoms with Crippen LogP contribution >= 0.6 is 0 Å². The first-order valence-electron chi connectivity index (χ1n) is 6.78. The fraction of sp³-hybridized carbons (Fsp3) is 0.312. The van der Waals surface area contributed by atoms with E-state index in [9.17, 15) is 4.79 Å². The van der Waals surface area contributed by atoms with E-state index in [-0.39, 0.29) is 12.7 Å². The van der Waals surface area contributed by atoms with Crippen LogP contribution in [-0.4, -0.2) is 12.7 Å². The molecule has 1 N–H and O–H groups in total. The highest BCUT2D eigenvalue weighted by molar-refractivity contribution is 5.87. The third-order valence-electron chi connectivity index (χ3n) is 3.67. The average Bonchev–Trinajstić information content (AvgIpc) is 3.14. The van der Waals surface area contributed by atoms with Crippen LogP contribution in [0.25, 0.3) is 0 Å². The summed E-state index contributed by atoms with van der Waals surface area (Å²) >= 11 is 0. The zero-order valence-electron chi connectivity index (χ0n) is 12.0. The number of carbonyl (C=O) groups excluding carboxylic acids is 1. The third kappa shape index (κ3) is 2.59. The molecule has 1 aromatic heterocycles. The standard InChI is InChI=1S/C16H17NO4/c1-16(2,15(18)17-9-12-4-3-7-19-12)11-5-6-13-14(8-11)21-10-20-13/h3-8H,9-10H2,1-2H3,(H,17,18). The molecular formula is C16H17NO4. The van der Waals surface area contributed by atoms with Gasteiger partial charge in [0.2, 0.25) is 12.7 Å². The molecular weight excluding hydrogens is 270 g/mol. The molecule has 0 unspecified atom stereocenters. The van der Waals surface area contributed by atoms with Crippen molar-refractivity contribution in [1.29, 1.82) is 0 Å². The van der Waals surface area contributed by atoms with E-state index in [4.69, 9.17) is 13.9 Å². The first kappa shape index (κ1) is 13.5. The van der Waals surface area contributed by atoms with Gasteiger partial charge in [-0.3, -0.25) is 4.79 Å². The molecule has 0 aliphatic carbocycles. The van der Waals surface area contributed by atoms with Gasteiger partial charge in [0.25, 0.3) is 0 Å². The molecule has 0 fully saturated rings. The Bertz CT molecular complexity index is 646. The summed E-state index contributed by atoms with van der Waals surface area (Å²) in [5.41, 5.74) is 0.205. The van der Waals surface area contributed by atoms with Crippen LogP contribution in [0.15, 0.2) is 41.0 Å². The van der Waals surface area contributed by atoms with Crippen molar-refractivity contribution in [2.75, 3.05) is 6.79 Å². The summed E-state index contributed by atoms with van der Waals surface area (Å²) in [6, 6.07) is 9.20. The van der Waals surface area contributed by atoms with Crippen molar-refractivity contribution in [1.82, 2.24) is 5.32 Å². The van der Waals surface area contributed by atoms with Crippen molar-refractivity contribution in [2.45, 2.75) is 25.8 Å². The Kier molecular flexibility index (Phi) is 3.33. The van der Waals surface area contributed by atoms with Gasteiger partial charge in [-0.2, -0.15) is 0 Å². The van der Waals surface area contributed by atoms with Crippen molar-refractivity contribution in [3.8, 4) is 11.5 Å². The van der Waals surface area contributed by atoms with Crippen LogP contribution in [0.1, 0.15) is 25.2 Å². The second-order valence-corrected chi connectivity index (χ2v) is 5.46. The number of nitrogens with one attached hydrogen (secondary N) is 1. The minimum absolute atomic E-state index is 0.0715. The van der Waals surface area contributed by atoms with Crippen molar-refractivity contribution in [3.05, 3.63) is 47.9 Å². The Morgan fingerprint density at radius 1 is 1.24 bits per heavy atom. The molecule has 0 saturated carbocycles. The van der Waals surface area contributed by atoms with Crippen molar-refractivity contribution < 1.29 is 18.7 Å². The fourth-order valence-electron chi connectivity index (χ4n) is 2.22. The highest BCUT2D eigenvalue weighted by Gasteiger charge is 2.31. The summed E-state index contributed by atoms with van der Waals surface area (Å²) < 4.78 is 15.9. The van der Waals surface area contributed by atoms with Crippen molar-refractivity contribution in [3.63, 3.8) is 0 Å². The number of amides is 1. The minimum Gasteiger partial charge on any atom is -0.467 e. The quantitative estimate of drug-likeness (QED) is 0.939. The maximum Gasteiger partial charge on any atom is 0.231 e. The SMILES string of the molecule is CC(C)(C(=O)NCc1ccco1)c1ccc2c(c1)OCO2. The molecule has 110 valence electrons. The maximum atomic E-state index is 12.4. The molecule has 0 atom stereocenters. The predicted octanol–water partition coefficient (Wildman–Crippen LogP) is 2.60. The summed E-state index contributed by atoms with van der Waals surface area (Å²) in [5, 5.41) is 2.89. The second kappa shape index (κ2) is 5.16. The van der Waals surface area contributed by atoms with Crippen LogP contribution in [0.5, 0.6) is 11.5 Å². The average molecular weight is 287 g/mol. The summed E-state index contributed by atoms with van der Waals surface area (Å²) in [6.45, 7) is 4.35. The first-order chi connectivity index (χ1) is 10.1. The van der Waals surface area contributed by atoms with E-state index in [0.29, 0.717) is 18.0 Å². The summed E-state index contributed by atoms with van der Waals surface area (Å²) in [7, 11) is 0. The normalized spacial score (nSPS) is 13.2. The zero-order valence-corrected chi connectivity index (χ0v) is 12.0. The van der Waals surface area contributed by atoms with E-state index in [1.165, 1.54) is 0 Å². The Morgan fingerprint density at radius 2 is 2.05 bits per heavy atom. The molecule has 0 radical (unpaired) electrons. The van der Waals surface area contributed by atoms with Gasteiger partial charge in [0.1, 0.15) is 5.76 Å². The lowest BCUT2D eigenvalue weighted by Gasteiger charge is -2.24. The van der Waals surface area contributed by atoms with E-state index in [1.807, 2.05) is 38.1 Å². The van der Waals surface area contributed by atoms with Crippen molar-refractivity contribution in [2.24, 2.45) is 0 Å².